The van der Waals surface area contributed by atoms with Gasteiger partial charge in [-0.25, -0.2) is 0 Å². The van der Waals surface area contributed by atoms with Crippen molar-refractivity contribution >= 4 is 59.6 Å². The van der Waals surface area contributed by atoms with E-state index in [1.165, 1.54) is 5.56 Å². The molecule has 4 atom stereocenters. The van der Waals surface area contributed by atoms with E-state index in [2.05, 4.69) is 36.3 Å². The fraction of sp³-hybridized carbons (Fsp3) is 0.500. The van der Waals surface area contributed by atoms with E-state index in [4.69, 9.17) is 29.0 Å². The van der Waals surface area contributed by atoms with Crippen LogP contribution in [0.1, 0.15) is 132 Å². The van der Waals surface area contributed by atoms with Crippen molar-refractivity contribution in [3.8, 4) is 0 Å². The molecule has 69 heavy (non-hydrogen) atoms. The number of para-hydroxylation sites is 1. The molecule has 1 aromatic heterocycles. The van der Waals surface area contributed by atoms with Gasteiger partial charge in [-0.05, 0) is 120 Å². The van der Waals surface area contributed by atoms with Crippen molar-refractivity contribution in [2.45, 2.75) is 138 Å². The molecule has 2 aliphatic rings. The van der Waals surface area contributed by atoms with E-state index in [0.29, 0.717) is 47.5 Å². The number of aromatic amines is 1. The summed E-state index contributed by atoms with van der Waals surface area (Å²) in [6.45, 7) is 15.0. The third kappa shape index (κ3) is 13.6. The van der Waals surface area contributed by atoms with Crippen LogP contribution in [0, 0.1) is 16.7 Å². The number of aryl methyl sites for hydroxylation is 1. The topological polar surface area (TPSA) is 223 Å². The zero-order valence-electron chi connectivity index (χ0n) is 41.2. The lowest BCUT2D eigenvalue weighted by Gasteiger charge is -2.31. The molecule has 0 saturated heterocycles. The number of H-pyrrole nitrogens is 1. The number of hydrogen-bond acceptors (Lipinski definition) is 12. The normalized spacial score (nSPS) is 17.0. The van der Waals surface area contributed by atoms with Crippen LogP contribution in [0.25, 0.3) is 10.9 Å². The van der Waals surface area contributed by atoms with Crippen molar-refractivity contribution in [1.29, 1.82) is 0 Å². The number of Topliss-reactive ketones (excluding diaryl/α,β-unsaturated/α-hetero) is 1. The molecular formula is C52H67N4O12P. The molecule has 4 aromatic rings. The number of nitrogens with one attached hydrogen (secondary N) is 2. The maximum Gasteiger partial charge on any atom is 0.340 e. The highest BCUT2D eigenvalue weighted by atomic mass is 31.2. The number of benzene rings is 3. The summed E-state index contributed by atoms with van der Waals surface area (Å²) in [5, 5.41) is 3.71. The SMILES string of the molecule is CC(C)c1ccc(CO[C@H](C)[C@H](CCC(N)=O)NC(=O)[C@@H]2Cc3cccc4c3N2C(=O)[C@@H](CC(=O)c2cc3cc(CP(=O)(OCOC(=O)C(C)(C)C)OCOC(=O)C(C)(C)C)ccc3[nH]2)CC4)cc1. The maximum absolute atomic E-state index is 14.7. The lowest BCUT2D eigenvalue weighted by molar-refractivity contribution is -0.162. The molecule has 16 nitrogen and oxygen atoms in total. The van der Waals surface area contributed by atoms with E-state index >= 15 is 0 Å². The van der Waals surface area contributed by atoms with Gasteiger partial charge >= 0.3 is 19.5 Å². The molecule has 0 unspecified atom stereocenters. The van der Waals surface area contributed by atoms with Crippen LogP contribution >= 0.6 is 7.60 Å². The highest BCUT2D eigenvalue weighted by Crippen LogP contribution is 2.52. The highest BCUT2D eigenvalue weighted by Gasteiger charge is 2.45. The number of carbonyl (C=O) groups is 6. The largest absolute Gasteiger partial charge is 0.438 e. The standard InChI is InChI=1S/C52H67N4O12P/c1-31(2)35-16-13-33(14-17-35)27-64-32(3)40(21-22-45(53)58)55-47(59)43-25-37-12-10-11-36-18-19-38(48(60)56(43)46(36)37)26-44(57)42-24-39-23-34(15-20-41(39)54-42)28-69(63,67-29-65-49(61)51(4,5)6)68-30-66-50(62)52(7,8)9/h10-17,20,23-24,31-32,38,40,43,54H,18-19,21-22,25-30H2,1-9H3,(H2,53,58)(H,55,59)/t32-,38-,40+,43+/m1/s1. The summed E-state index contributed by atoms with van der Waals surface area (Å²) in [7, 11) is -4.09. The lowest BCUT2D eigenvalue weighted by atomic mass is 9.93. The van der Waals surface area contributed by atoms with Gasteiger partial charge in [-0.2, -0.15) is 0 Å². The molecular weight excluding hydrogens is 904 g/mol. The Morgan fingerprint density at radius 2 is 1.48 bits per heavy atom. The smallest absolute Gasteiger partial charge is 0.340 e. The molecule has 3 heterocycles. The van der Waals surface area contributed by atoms with Crippen LogP contribution in [0.2, 0.25) is 0 Å². The number of ketones is 1. The number of aromatic nitrogens is 1. The quantitative estimate of drug-likeness (QED) is 0.0309. The van der Waals surface area contributed by atoms with Gasteiger partial charge in [0.05, 0.1) is 47.1 Å². The Bertz CT molecular complexity index is 2560. The molecule has 0 saturated carbocycles. The van der Waals surface area contributed by atoms with Gasteiger partial charge in [-0.3, -0.25) is 47.3 Å². The molecule has 0 fully saturated rings. The number of esters is 2. The van der Waals surface area contributed by atoms with Gasteiger partial charge in [-0.1, -0.05) is 62.4 Å². The fourth-order valence-electron chi connectivity index (χ4n) is 8.30. The first kappa shape index (κ1) is 52.7. The molecule has 17 heteroatoms. The van der Waals surface area contributed by atoms with Crippen molar-refractivity contribution in [3.63, 3.8) is 0 Å². The van der Waals surface area contributed by atoms with Gasteiger partial charge in [-0.15, -0.1) is 0 Å². The summed E-state index contributed by atoms with van der Waals surface area (Å²) in [6, 6.07) is 19.2. The number of ether oxygens (including phenoxy) is 3. The average molecular weight is 971 g/mol. The molecule has 372 valence electrons. The third-order valence-corrected chi connectivity index (χ3v) is 14.2. The van der Waals surface area contributed by atoms with E-state index in [0.717, 1.165) is 16.7 Å². The van der Waals surface area contributed by atoms with Gasteiger partial charge in [0.2, 0.25) is 31.3 Å². The minimum absolute atomic E-state index is 0.0230. The van der Waals surface area contributed by atoms with E-state index < -0.39 is 79.9 Å². The Kier molecular flexibility index (Phi) is 16.8. The summed E-state index contributed by atoms with van der Waals surface area (Å²) in [5.41, 5.74) is 9.87. The Labute approximate surface area is 404 Å². The predicted molar refractivity (Wildman–Crippen MR) is 260 cm³/mol. The number of rotatable bonds is 21. The van der Waals surface area contributed by atoms with E-state index in [-0.39, 0.29) is 49.2 Å². The summed E-state index contributed by atoms with van der Waals surface area (Å²) >= 11 is 0. The number of hydrogen-bond donors (Lipinski definition) is 3. The zero-order valence-corrected chi connectivity index (χ0v) is 42.1. The van der Waals surface area contributed by atoms with Crippen LogP contribution in [-0.4, -0.2) is 72.2 Å². The Morgan fingerprint density at radius 1 is 0.855 bits per heavy atom. The summed E-state index contributed by atoms with van der Waals surface area (Å²) in [5.74, 6) is -3.07. The van der Waals surface area contributed by atoms with Crippen molar-refractivity contribution in [1.82, 2.24) is 10.3 Å². The van der Waals surface area contributed by atoms with Crippen molar-refractivity contribution in [2.75, 3.05) is 18.5 Å². The molecule has 6 rings (SSSR count). The van der Waals surface area contributed by atoms with Crippen molar-refractivity contribution < 1.29 is 56.6 Å². The third-order valence-electron chi connectivity index (χ3n) is 12.5. The Hall–Kier alpha value is -5.67. The van der Waals surface area contributed by atoms with Gasteiger partial charge < -0.3 is 30.2 Å². The molecule has 0 spiro atoms. The zero-order chi connectivity index (χ0) is 50.4. The first-order valence-corrected chi connectivity index (χ1v) is 25.3. The number of fused-ring (bicyclic) bond motifs is 1. The molecule has 3 amide bonds. The molecule has 2 aliphatic heterocycles. The second-order valence-electron chi connectivity index (χ2n) is 20.5. The predicted octanol–water partition coefficient (Wildman–Crippen LogP) is 8.56. The lowest BCUT2D eigenvalue weighted by Crippen LogP contribution is -2.54. The van der Waals surface area contributed by atoms with Crippen molar-refractivity contribution in [3.05, 3.63) is 100 Å². The summed E-state index contributed by atoms with van der Waals surface area (Å²) in [6.07, 6.45) is 0.519. The Balaban J connectivity index is 1.15. The Morgan fingerprint density at radius 3 is 2.09 bits per heavy atom. The minimum atomic E-state index is -4.09. The van der Waals surface area contributed by atoms with Gasteiger partial charge in [0.1, 0.15) is 6.04 Å². The maximum atomic E-state index is 14.7. The van der Waals surface area contributed by atoms with Crippen LogP contribution in [-0.2, 0) is 77.4 Å². The number of anilines is 1. The second-order valence-corrected chi connectivity index (χ2v) is 22.5. The number of carbonyl (C=O) groups excluding carboxylic acids is 6. The highest BCUT2D eigenvalue weighted by molar-refractivity contribution is 7.53. The van der Waals surface area contributed by atoms with E-state index in [1.54, 1.807) is 70.7 Å². The minimum Gasteiger partial charge on any atom is -0.438 e. The summed E-state index contributed by atoms with van der Waals surface area (Å²) < 4.78 is 41.7. The van der Waals surface area contributed by atoms with Crippen LogP contribution in [0.15, 0.2) is 66.7 Å². The number of nitrogens with two attached hydrogens (primary N) is 1. The van der Waals surface area contributed by atoms with Gasteiger partial charge in [0, 0.05) is 36.1 Å². The average Bonchev–Trinajstić information content (AvgIpc) is 3.86. The molecule has 4 N–H and O–H groups in total. The second kappa shape index (κ2) is 22.0. The molecule has 3 aromatic carbocycles. The number of primary amides is 1. The number of amides is 3. The van der Waals surface area contributed by atoms with E-state index in [9.17, 15) is 33.3 Å². The van der Waals surface area contributed by atoms with Crippen LogP contribution < -0.4 is 16.0 Å². The molecule has 0 radical (unpaired) electrons. The first-order chi connectivity index (χ1) is 32.4. The van der Waals surface area contributed by atoms with Gasteiger partial charge in [0.15, 0.2) is 5.78 Å². The van der Waals surface area contributed by atoms with Crippen LogP contribution in [0.5, 0.6) is 0 Å². The first-order valence-electron chi connectivity index (χ1n) is 23.5. The number of nitrogens with zero attached hydrogens (tertiary/aromatic N) is 1. The molecule has 0 bridgehead atoms. The van der Waals surface area contributed by atoms with Crippen LogP contribution in [0.4, 0.5) is 5.69 Å². The van der Waals surface area contributed by atoms with Crippen LogP contribution in [0.3, 0.4) is 0 Å². The molecule has 0 aliphatic carbocycles. The monoisotopic (exact) mass is 970 g/mol. The summed E-state index contributed by atoms with van der Waals surface area (Å²) in [4.78, 5) is 84.6. The van der Waals surface area contributed by atoms with E-state index in [1.807, 2.05) is 37.3 Å². The fourth-order valence-corrected chi connectivity index (χ4v) is 9.63. The van der Waals surface area contributed by atoms with Gasteiger partial charge in [0.25, 0.3) is 0 Å². The van der Waals surface area contributed by atoms with Crippen molar-refractivity contribution in [2.24, 2.45) is 22.5 Å².